The summed E-state index contributed by atoms with van der Waals surface area (Å²) in [6.07, 6.45) is 5.37. The molecule has 0 radical (unpaired) electrons. The molecule has 0 unspecified atom stereocenters. The van der Waals surface area contributed by atoms with Gasteiger partial charge in [0.15, 0.2) is 0 Å². The molecule has 16 heavy (non-hydrogen) atoms. The van der Waals surface area contributed by atoms with Crippen molar-refractivity contribution in [1.29, 1.82) is 0 Å². The zero-order valence-corrected chi connectivity index (χ0v) is 10.8. The van der Waals surface area contributed by atoms with Crippen molar-refractivity contribution in [3.63, 3.8) is 0 Å². The first-order chi connectivity index (χ1) is 7.47. The summed E-state index contributed by atoms with van der Waals surface area (Å²) in [6, 6.07) is 4.66. The van der Waals surface area contributed by atoms with Gasteiger partial charge in [0.25, 0.3) is 0 Å². The van der Waals surface area contributed by atoms with E-state index in [9.17, 15) is 8.42 Å². The highest BCUT2D eigenvalue weighted by Crippen LogP contribution is 2.22. The number of rotatable bonds is 4. The van der Waals surface area contributed by atoms with Crippen LogP contribution in [0.1, 0.15) is 6.42 Å². The highest BCUT2D eigenvalue weighted by molar-refractivity contribution is 9.10. The van der Waals surface area contributed by atoms with E-state index in [2.05, 4.69) is 26.6 Å². The van der Waals surface area contributed by atoms with Crippen molar-refractivity contribution in [3.05, 3.63) is 22.7 Å². The third-order valence-corrected chi connectivity index (χ3v) is 3.84. The average molecular weight is 303 g/mol. The lowest BCUT2D eigenvalue weighted by Crippen LogP contribution is -2.25. The van der Waals surface area contributed by atoms with Gasteiger partial charge in [-0.2, -0.15) is 0 Å². The highest BCUT2D eigenvalue weighted by Gasteiger charge is 2.16. The molecule has 0 aliphatic heterocycles. The van der Waals surface area contributed by atoms with Gasteiger partial charge in [0.1, 0.15) is 4.90 Å². The molecule has 0 saturated carbocycles. The number of nitrogens with two attached hydrogens (primary N) is 1. The lowest BCUT2D eigenvalue weighted by molar-refractivity contribution is 0.583. The molecule has 1 aromatic rings. The molecule has 6 heteroatoms. The van der Waals surface area contributed by atoms with Crippen molar-refractivity contribution in [2.75, 3.05) is 12.3 Å². The molecule has 0 amide bonds. The number of terminal acetylenes is 1. The second-order valence-corrected chi connectivity index (χ2v) is 5.69. The molecule has 0 atom stereocenters. The summed E-state index contributed by atoms with van der Waals surface area (Å²) in [5.41, 5.74) is 5.80. The van der Waals surface area contributed by atoms with Crippen molar-refractivity contribution < 1.29 is 8.42 Å². The van der Waals surface area contributed by atoms with E-state index in [4.69, 9.17) is 12.2 Å². The van der Waals surface area contributed by atoms with Crippen LogP contribution in [0.2, 0.25) is 0 Å². The lowest BCUT2D eigenvalue weighted by atomic mass is 10.3. The molecule has 0 aliphatic carbocycles. The van der Waals surface area contributed by atoms with Crippen LogP contribution in [-0.4, -0.2) is 15.0 Å². The number of anilines is 1. The Bertz CT molecular complexity index is 520. The van der Waals surface area contributed by atoms with Gasteiger partial charge >= 0.3 is 0 Å². The molecule has 0 bridgehead atoms. The van der Waals surface area contributed by atoms with Crippen molar-refractivity contribution in [3.8, 4) is 12.3 Å². The Morgan fingerprint density at radius 1 is 1.50 bits per heavy atom. The molecule has 1 aromatic carbocycles. The predicted molar refractivity (Wildman–Crippen MR) is 67.2 cm³/mol. The zero-order valence-electron chi connectivity index (χ0n) is 8.40. The largest absolute Gasteiger partial charge is 0.398 e. The molecule has 3 N–H and O–H groups in total. The summed E-state index contributed by atoms with van der Waals surface area (Å²) in [5.74, 6) is 2.35. The summed E-state index contributed by atoms with van der Waals surface area (Å²) in [6.45, 7) is 0.199. The molecule has 86 valence electrons. The number of sulfonamides is 1. The quantitative estimate of drug-likeness (QED) is 0.501. The SMILES string of the molecule is C#CCCNS(=O)(=O)c1cc(Br)ccc1N. The summed E-state index contributed by atoms with van der Waals surface area (Å²) >= 11 is 3.19. The van der Waals surface area contributed by atoms with E-state index in [0.717, 1.165) is 0 Å². The normalized spacial score (nSPS) is 11.0. The fourth-order valence-electron chi connectivity index (χ4n) is 1.08. The van der Waals surface area contributed by atoms with Crippen molar-refractivity contribution >= 4 is 31.6 Å². The fraction of sp³-hybridized carbons (Fsp3) is 0.200. The molecule has 0 heterocycles. The van der Waals surface area contributed by atoms with Gasteiger partial charge in [0.05, 0.1) is 5.69 Å². The number of nitrogen functional groups attached to an aromatic ring is 1. The standard InChI is InChI=1S/C10H11BrN2O2S/c1-2-3-6-13-16(14,15)10-7-8(11)4-5-9(10)12/h1,4-5,7,13H,3,6,12H2. The maximum absolute atomic E-state index is 11.8. The molecule has 0 aliphatic rings. The second-order valence-electron chi connectivity index (χ2n) is 3.03. The van der Waals surface area contributed by atoms with Crippen LogP contribution in [0.4, 0.5) is 5.69 Å². The minimum absolute atomic E-state index is 0.0545. The van der Waals surface area contributed by atoms with Gasteiger partial charge in [-0.25, -0.2) is 13.1 Å². The van der Waals surface area contributed by atoms with Gasteiger partial charge in [-0.3, -0.25) is 0 Å². The molecule has 0 saturated heterocycles. The van der Waals surface area contributed by atoms with E-state index in [1.807, 2.05) is 0 Å². The fourth-order valence-corrected chi connectivity index (χ4v) is 2.78. The first-order valence-corrected chi connectivity index (χ1v) is 6.73. The van der Waals surface area contributed by atoms with Crippen LogP contribution in [0, 0.1) is 12.3 Å². The van der Waals surface area contributed by atoms with Gasteiger partial charge in [-0.05, 0) is 18.2 Å². The topological polar surface area (TPSA) is 72.2 Å². The summed E-state index contributed by atoms with van der Waals surface area (Å²) < 4.78 is 26.6. The summed E-state index contributed by atoms with van der Waals surface area (Å²) in [5, 5.41) is 0. The summed E-state index contributed by atoms with van der Waals surface area (Å²) in [7, 11) is -3.59. The van der Waals surface area contributed by atoms with Crippen molar-refractivity contribution in [1.82, 2.24) is 4.72 Å². The van der Waals surface area contributed by atoms with E-state index in [1.165, 1.54) is 12.1 Å². The van der Waals surface area contributed by atoms with Crippen molar-refractivity contribution in [2.45, 2.75) is 11.3 Å². The Hall–Kier alpha value is -1.03. The zero-order chi connectivity index (χ0) is 12.2. The van der Waals surface area contributed by atoms with E-state index in [0.29, 0.717) is 10.9 Å². The minimum atomic E-state index is -3.59. The van der Waals surface area contributed by atoms with Crippen LogP contribution in [0.3, 0.4) is 0 Å². The van der Waals surface area contributed by atoms with Crippen LogP contribution < -0.4 is 10.5 Å². The highest BCUT2D eigenvalue weighted by atomic mass is 79.9. The average Bonchev–Trinajstić information content (AvgIpc) is 2.22. The predicted octanol–water partition coefficient (Wildman–Crippen LogP) is 1.33. The van der Waals surface area contributed by atoms with Gasteiger partial charge in [-0.15, -0.1) is 12.3 Å². The molecule has 0 fully saturated rings. The molecule has 4 nitrogen and oxygen atoms in total. The van der Waals surface area contributed by atoms with Gasteiger partial charge in [0, 0.05) is 17.4 Å². The lowest BCUT2D eigenvalue weighted by Gasteiger charge is -2.08. The molecule has 1 rings (SSSR count). The Morgan fingerprint density at radius 2 is 2.19 bits per heavy atom. The van der Waals surface area contributed by atoms with E-state index >= 15 is 0 Å². The Labute approximate surface area is 103 Å². The van der Waals surface area contributed by atoms with Crippen LogP contribution in [0.25, 0.3) is 0 Å². The van der Waals surface area contributed by atoms with E-state index < -0.39 is 10.0 Å². The third kappa shape index (κ3) is 3.23. The monoisotopic (exact) mass is 302 g/mol. The minimum Gasteiger partial charge on any atom is -0.398 e. The van der Waals surface area contributed by atoms with Crippen molar-refractivity contribution in [2.24, 2.45) is 0 Å². The van der Waals surface area contributed by atoms with Crippen LogP contribution in [0.15, 0.2) is 27.6 Å². The number of hydrogen-bond donors (Lipinski definition) is 2. The number of nitrogens with one attached hydrogen (secondary N) is 1. The van der Waals surface area contributed by atoms with Gasteiger partial charge < -0.3 is 5.73 Å². The first-order valence-electron chi connectivity index (χ1n) is 4.45. The molecular weight excluding hydrogens is 292 g/mol. The van der Waals surface area contributed by atoms with Gasteiger partial charge in [0.2, 0.25) is 10.0 Å². The number of hydrogen-bond acceptors (Lipinski definition) is 3. The first kappa shape index (κ1) is 13.0. The van der Waals surface area contributed by atoms with E-state index in [-0.39, 0.29) is 17.1 Å². The smallest absolute Gasteiger partial charge is 0.242 e. The van der Waals surface area contributed by atoms with E-state index in [1.54, 1.807) is 6.07 Å². The molecular formula is C10H11BrN2O2S. The van der Waals surface area contributed by atoms with Crippen LogP contribution >= 0.6 is 15.9 Å². The number of benzene rings is 1. The molecule has 0 aromatic heterocycles. The summed E-state index contributed by atoms with van der Waals surface area (Å²) in [4.78, 5) is 0.0545. The maximum Gasteiger partial charge on any atom is 0.242 e. The Morgan fingerprint density at radius 3 is 2.81 bits per heavy atom. The second kappa shape index (κ2) is 5.34. The Kier molecular flexibility index (Phi) is 4.35. The third-order valence-electron chi connectivity index (χ3n) is 1.83. The van der Waals surface area contributed by atoms with Crippen LogP contribution in [-0.2, 0) is 10.0 Å². The molecule has 0 spiro atoms. The van der Waals surface area contributed by atoms with Gasteiger partial charge in [-0.1, -0.05) is 15.9 Å². The van der Waals surface area contributed by atoms with Crippen LogP contribution in [0.5, 0.6) is 0 Å². The number of halogens is 1. The Balaban J connectivity index is 2.99. The maximum atomic E-state index is 11.8.